The van der Waals surface area contributed by atoms with Gasteiger partial charge >= 0.3 is 0 Å². The van der Waals surface area contributed by atoms with Gasteiger partial charge in [-0.3, -0.25) is 4.68 Å². The molecule has 1 aromatic carbocycles. The van der Waals surface area contributed by atoms with E-state index in [9.17, 15) is 0 Å². The molecule has 1 heterocycles. The zero-order valence-corrected chi connectivity index (χ0v) is 11.4. The van der Waals surface area contributed by atoms with Crippen LogP contribution in [0.15, 0.2) is 18.2 Å². The maximum atomic E-state index is 6.57. The number of hydrogen-bond acceptors (Lipinski definition) is 2. The van der Waals surface area contributed by atoms with Gasteiger partial charge < -0.3 is 5.73 Å². The van der Waals surface area contributed by atoms with Crippen LogP contribution in [-0.2, 0) is 12.6 Å². The molecule has 2 N–H and O–H groups in total. The molecule has 0 radical (unpaired) electrons. The van der Waals surface area contributed by atoms with E-state index in [-0.39, 0.29) is 5.54 Å². The van der Waals surface area contributed by atoms with Crippen LogP contribution >= 0.6 is 11.6 Å². The van der Waals surface area contributed by atoms with E-state index in [4.69, 9.17) is 17.3 Å². The second-order valence-corrected chi connectivity index (χ2v) is 5.72. The highest BCUT2D eigenvalue weighted by molar-refractivity contribution is 6.34. The van der Waals surface area contributed by atoms with E-state index in [1.54, 1.807) is 0 Å². The Morgan fingerprint density at radius 1 is 1.28 bits per heavy atom. The summed E-state index contributed by atoms with van der Waals surface area (Å²) in [6, 6.07) is 6.31. The molecule has 0 atom stereocenters. The van der Waals surface area contributed by atoms with Crippen molar-refractivity contribution in [3.63, 3.8) is 0 Å². The average molecular weight is 264 g/mol. The van der Waals surface area contributed by atoms with E-state index in [2.05, 4.69) is 17.2 Å². The van der Waals surface area contributed by atoms with Gasteiger partial charge in [0.25, 0.3) is 0 Å². The number of benzene rings is 1. The summed E-state index contributed by atoms with van der Waals surface area (Å²) in [6.45, 7) is 0. The van der Waals surface area contributed by atoms with Crippen LogP contribution < -0.4 is 5.73 Å². The van der Waals surface area contributed by atoms with Crippen molar-refractivity contribution in [2.24, 2.45) is 12.8 Å². The molecule has 1 fully saturated rings. The quantitative estimate of drug-likeness (QED) is 0.858. The molecular weight excluding hydrogens is 246 g/mol. The van der Waals surface area contributed by atoms with Gasteiger partial charge in [-0.15, -0.1) is 0 Å². The van der Waals surface area contributed by atoms with Crippen LogP contribution in [0.1, 0.15) is 37.7 Å². The standard InChI is InChI=1S/C14H18ClN3/c1-18-12-9-10(5-6-11(12)13(15)17-18)14(16)7-3-2-4-8-14/h5-6,9H,2-4,7-8,16H2,1H3. The lowest BCUT2D eigenvalue weighted by molar-refractivity contribution is 0.302. The molecule has 1 aliphatic carbocycles. The highest BCUT2D eigenvalue weighted by Crippen LogP contribution is 2.36. The fraction of sp³-hybridized carbons (Fsp3) is 0.500. The summed E-state index contributed by atoms with van der Waals surface area (Å²) in [5.74, 6) is 0. The fourth-order valence-electron chi connectivity index (χ4n) is 2.99. The van der Waals surface area contributed by atoms with Crippen LogP contribution in [0.3, 0.4) is 0 Å². The minimum atomic E-state index is -0.164. The molecule has 2 aromatic rings. The van der Waals surface area contributed by atoms with Crippen molar-refractivity contribution in [3.05, 3.63) is 28.9 Å². The van der Waals surface area contributed by atoms with Crippen molar-refractivity contribution >= 4 is 22.5 Å². The van der Waals surface area contributed by atoms with E-state index >= 15 is 0 Å². The van der Waals surface area contributed by atoms with Crippen molar-refractivity contribution in [1.82, 2.24) is 9.78 Å². The molecule has 0 unspecified atom stereocenters. The van der Waals surface area contributed by atoms with Crippen LogP contribution in [0.4, 0.5) is 0 Å². The zero-order chi connectivity index (χ0) is 12.8. The number of aryl methyl sites for hydroxylation is 1. The third-order valence-electron chi connectivity index (χ3n) is 4.13. The molecular formula is C14H18ClN3. The van der Waals surface area contributed by atoms with Gasteiger partial charge in [-0.25, -0.2) is 0 Å². The topological polar surface area (TPSA) is 43.8 Å². The Labute approximate surface area is 112 Å². The summed E-state index contributed by atoms with van der Waals surface area (Å²) >= 11 is 6.09. The van der Waals surface area contributed by atoms with Crippen LogP contribution in [-0.4, -0.2) is 9.78 Å². The van der Waals surface area contributed by atoms with Gasteiger partial charge in [0.2, 0.25) is 0 Å². The van der Waals surface area contributed by atoms with Crippen LogP contribution in [0.2, 0.25) is 5.15 Å². The van der Waals surface area contributed by atoms with Crippen LogP contribution in [0.25, 0.3) is 10.9 Å². The first-order valence-corrected chi connectivity index (χ1v) is 6.90. The van der Waals surface area contributed by atoms with Crippen molar-refractivity contribution in [2.75, 3.05) is 0 Å². The van der Waals surface area contributed by atoms with Gasteiger partial charge in [0.05, 0.1) is 5.52 Å². The van der Waals surface area contributed by atoms with Crippen molar-refractivity contribution < 1.29 is 0 Å². The van der Waals surface area contributed by atoms with E-state index in [1.165, 1.54) is 24.8 Å². The molecule has 1 aliphatic rings. The number of nitrogens with two attached hydrogens (primary N) is 1. The number of nitrogens with zero attached hydrogens (tertiary/aromatic N) is 2. The maximum absolute atomic E-state index is 6.57. The van der Waals surface area contributed by atoms with Gasteiger partial charge in [0.1, 0.15) is 0 Å². The Hall–Kier alpha value is -1.06. The first-order chi connectivity index (χ1) is 8.60. The summed E-state index contributed by atoms with van der Waals surface area (Å²) in [4.78, 5) is 0. The minimum Gasteiger partial charge on any atom is -0.321 e. The predicted molar refractivity (Wildman–Crippen MR) is 74.7 cm³/mol. The Morgan fingerprint density at radius 2 is 2.00 bits per heavy atom. The Kier molecular flexibility index (Phi) is 2.83. The lowest BCUT2D eigenvalue weighted by Crippen LogP contribution is -2.38. The Bertz CT molecular complexity index is 582. The van der Waals surface area contributed by atoms with Crippen molar-refractivity contribution in [3.8, 4) is 0 Å². The molecule has 0 bridgehead atoms. The van der Waals surface area contributed by atoms with Gasteiger partial charge in [-0.2, -0.15) is 5.10 Å². The highest BCUT2D eigenvalue weighted by atomic mass is 35.5. The van der Waals surface area contributed by atoms with E-state index in [0.29, 0.717) is 5.15 Å². The molecule has 96 valence electrons. The SMILES string of the molecule is Cn1nc(Cl)c2ccc(C3(N)CCCCC3)cc21. The number of aromatic nitrogens is 2. The highest BCUT2D eigenvalue weighted by Gasteiger charge is 2.29. The molecule has 1 saturated carbocycles. The summed E-state index contributed by atoms with van der Waals surface area (Å²) < 4.78 is 1.83. The Balaban J connectivity index is 2.10. The first kappa shape index (κ1) is 12.0. The summed E-state index contributed by atoms with van der Waals surface area (Å²) in [5, 5.41) is 5.81. The predicted octanol–water partition coefficient (Wildman–Crippen LogP) is 3.34. The molecule has 0 spiro atoms. The van der Waals surface area contributed by atoms with Gasteiger partial charge in [0.15, 0.2) is 5.15 Å². The maximum Gasteiger partial charge on any atom is 0.158 e. The zero-order valence-electron chi connectivity index (χ0n) is 10.6. The monoisotopic (exact) mass is 263 g/mol. The van der Waals surface area contributed by atoms with E-state index < -0.39 is 0 Å². The third kappa shape index (κ3) is 1.82. The second-order valence-electron chi connectivity index (χ2n) is 5.36. The van der Waals surface area contributed by atoms with Gasteiger partial charge in [-0.05, 0) is 30.5 Å². The molecule has 3 rings (SSSR count). The Morgan fingerprint density at radius 3 is 2.72 bits per heavy atom. The normalized spacial score (nSPS) is 19.3. The van der Waals surface area contributed by atoms with Crippen LogP contribution in [0.5, 0.6) is 0 Å². The lowest BCUT2D eigenvalue weighted by atomic mass is 9.77. The van der Waals surface area contributed by atoms with Gasteiger partial charge in [-0.1, -0.05) is 36.9 Å². The molecule has 18 heavy (non-hydrogen) atoms. The fourth-order valence-corrected chi connectivity index (χ4v) is 3.27. The molecule has 0 saturated heterocycles. The number of halogens is 1. The average Bonchev–Trinajstić information content (AvgIpc) is 2.66. The summed E-state index contributed by atoms with van der Waals surface area (Å²) in [5.41, 5.74) is 8.68. The van der Waals surface area contributed by atoms with E-state index in [1.807, 2.05) is 17.8 Å². The molecule has 1 aromatic heterocycles. The molecule has 0 amide bonds. The lowest BCUT2D eigenvalue weighted by Gasteiger charge is -2.34. The third-order valence-corrected chi connectivity index (χ3v) is 4.41. The smallest absolute Gasteiger partial charge is 0.158 e. The molecule has 4 heteroatoms. The first-order valence-electron chi connectivity index (χ1n) is 6.52. The second kappa shape index (κ2) is 4.25. The van der Waals surface area contributed by atoms with Gasteiger partial charge in [0, 0.05) is 18.0 Å². The number of hydrogen-bond donors (Lipinski definition) is 1. The summed E-state index contributed by atoms with van der Waals surface area (Å²) in [7, 11) is 1.92. The number of fused-ring (bicyclic) bond motifs is 1. The molecule has 3 nitrogen and oxygen atoms in total. The molecule has 0 aliphatic heterocycles. The summed E-state index contributed by atoms with van der Waals surface area (Å²) in [6.07, 6.45) is 5.90. The van der Waals surface area contributed by atoms with Crippen LogP contribution in [0, 0.1) is 0 Å². The minimum absolute atomic E-state index is 0.164. The van der Waals surface area contributed by atoms with Crippen molar-refractivity contribution in [1.29, 1.82) is 0 Å². The van der Waals surface area contributed by atoms with E-state index in [0.717, 1.165) is 23.7 Å². The largest absolute Gasteiger partial charge is 0.321 e. The number of rotatable bonds is 1. The van der Waals surface area contributed by atoms with Crippen molar-refractivity contribution in [2.45, 2.75) is 37.6 Å².